The molecule has 5 nitrogen and oxygen atoms in total. The second kappa shape index (κ2) is 7.59. The number of H-pyrrole nitrogens is 1. The van der Waals surface area contributed by atoms with Gasteiger partial charge in [-0.25, -0.2) is 5.10 Å². The van der Waals surface area contributed by atoms with Gasteiger partial charge in [0.2, 0.25) is 0 Å². The number of fused-ring (bicyclic) bond motifs is 1. The third-order valence-corrected chi connectivity index (χ3v) is 5.70. The number of furan rings is 1. The molecule has 5 rings (SSSR count). The Labute approximate surface area is 169 Å². The molecule has 0 bridgehead atoms. The van der Waals surface area contributed by atoms with E-state index < -0.39 is 0 Å². The summed E-state index contributed by atoms with van der Waals surface area (Å²) in [5, 5.41) is 8.51. The van der Waals surface area contributed by atoms with Crippen molar-refractivity contribution in [3.05, 3.63) is 71.2 Å². The topological polar surface area (TPSA) is 62.1 Å². The molecular weight excluding hydrogens is 362 g/mol. The van der Waals surface area contributed by atoms with Gasteiger partial charge >= 0.3 is 0 Å². The van der Waals surface area contributed by atoms with Gasteiger partial charge in [-0.15, -0.1) is 0 Å². The third kappa shape index (κ3) is 3.33. The summed E-state index contributed by atoms with van der Waals surface area (Å²) >= 11 is 0. The van der Waals surface area contributed by atoms with Crippen molar-refractivity contribution in [1.29, 1.82) is 0 Å². The zero-order chi connectivity index (χ0) is 19.6. The van der Waals surface area contributed by atoms with Crippen LogP contribution in [0.3, 0.4) is 0 Å². The predicted octanol–water partition coefficient (Wildman–Crippen LogP) is 5.23. The summed E-state index contributed by atoms with van der Waals surface area (Å²) in [5.74, 6) is 0.847. The van der Waals surface area contributed by atoms with Gasteiger partial charge < -0.3 is 9.32 Å². The van der Waals surface area contributed by atoms with Crippen molar-refractivity contribution >= 4 is 16.5 Å². The molecule has 0 aliphatic carbocycles. The molecule has 2 aromatic carbocycles. The predicted molar refractivity (Wildman–Crippen MR) is 116 cm³/mol. The van der Waals surface area contributed by atoms with E-state index >= 15 is 0 Å². The summed E-state index contributed by atoms with van der Waals surface area (Å²) in [5.41, 5.74) is 3.82. The monoisotopic (exact) mass is 385 g/mol. The van der Waals surface area contributed by atoms with E-state index in [1.165, 1.54) is 31.4 Å². The molecule has 1 saturated heterocycles. The summed E-state index contributed by atoms with van der Waals surface area (Å²) in [6.07, 6.45) is 6.72. The van der Waals surface area contributed by atoms with Gasteiger partial charge in [-0.05, 0) is 43.2 Å². The van der Waals surface area contributed by atoms with Crippen LogP contribution in [0.2, 0.25) is 0 Å². The molecule has 1 aliphatic heterocycles. The number of aromatic nitrogens is 2. The van der Waals surface area contributed by atoms with Crippen LogP contribution >= 0.6 is 0 Å². The minimum Gasteiger partial charge on any atom is -0.464 e. The smallest absolute Gasteiger partial charge is 0.272 e. The highest BCUT2D eigenvalue weighted by atomic mass is 16.3. The van der Waals surface area contributed by atoms with Crippen molar-refractivity contribution in [1.82, 2.24) is 10.2 Å². The number of rotatable bonds is 3. The number of nitrogens with zero attached hydrogens (tertiary/aromatic N) is 2. The first kappa shape index (κ1) is 17.7. The maximum atomic E-state index is 12.2. The molecule has 3 heterocycles. The second-order valence-corrected chi connectivity index (χ2v) is 7.56. The molecule has 0 radical (unpaired) electrons. The molecule has 0 spiro atoms. The first-order valence-electron chi connectivity index (χ1n) is 10.2. The van der Waals surface area contributed by atoms with Crippen molar-refractivity contribution in [3.8, 4) is 22.6 Å². The van der Waals surface area contributed by atoms with Gasteiger partial charge in [0.15, 0.2) is 0 Å². The van der Waals surface area contributed by atoms with Crippen LogP contribution in [0.1, 0.15) is 25.7 Å². The molecule has 0 saturated carbocycles. The van der Waals surface area contributed by atoms with Crippen molar-refractivity contribution in [3.63, 3.8) is 0 Å². The molecule has 0 atom stereocenters. The lowest BCUT2D eigenvalue weighted by atomic mass is 10.00. The molecule has 2 aromatic heterocycles. The van der Waals surface area contributed by atoms with Crippen molar-refractivity contribution in [2.75, 3.05) is 18.0 Å². The van der Waals surface area contributed by atoms with Crippen LogP contribution in [0, 0.1) is 0 Å². The van der Waals surface area contributed by atoms with Crippen molar-refractivity contribution in [2.24, 2.45) is 0 Å². The Balaban J connectivity index is 1.67. The number of anilines is 1. The summed E-state index contributed by atoms with van der Waals surface area (Å²) < 4.78 is 5.77. The zero-order valence-electron chi connectivity index (χ0n) is 16.2. The fourth-order valence-corrected chi connectivity index (χ4v) is 4.23. The maximum absolute atomic E-state index is 12.2. The van der Waals surface area contributed by atoms with E-state index in [-0.39, 0.29) is 5.56 Å². The molecule has 146 valence electrons. The second-order valence-electron chi connectivity index (χ2n) is 7.56. The van der Waals surface area contributed by atoms with Crippen LogP contribution in [-0.4, -0.2) is 23.3 Å². The lowest BCUT2D eigenvalue weighted by molar-refractivity contribution is 0.582. The minimum absolute atomic E-state index is 0.170. The van der Waals surface area contributed by atoms with E-state index in [2.05, 4.69) is 33.3 Å². The maximum Gasteiger partial charge on any atom is 0.272 e. The van der Waals surface area contributed by atoms with Gasteiger partial charge in [0.25, 0.3) is 5.56 Å². The number of benzene rings is 2. The first-order chi connectivity index (χ1) is 14.3. The van der Waals surface area contributed by atoms with Crippen LogP contribution in [0.4, 0.5) is 5.69 Å². The van der Waals surface area contributed by atoms with Gasteiger partial charge in [0, 0.05) is 35.3 Å². The Morgan fingerprint density at radius 1 is 0.897 bits per heavy atom. The highest BCUT2D eigenvalue weighted by molar-refractivity contribution is 5.95. The van der Waals surface area contributed by atoms with E-state index in [4.69, 9.17) is 4.42 Å². The van der Waals surface area contributed by atoms with Gasteiger partial charge in [-0.2, -0.15) is 5.10 Å². The third-order valence-electron chi connectivity index (χ3n) is 5.70. The van der Waals surface area contributed by atoms with E-state index in [0.717, 1.165) is 41.1 Å². The highest BCUT2D eigenvalue weighted by Gasteiger charge is 2.18. The number of nitrogens with one attached hydrogen (secondary N) is 1. The van der Waals surface area contributed by atoms with Crippen LogP contribution in [0.5, 0.6) is 0 Å². The van der Waals surface area contributed by atoms with Crippen molar-refractivity contribution in [2.45, 2.75) is 25.7 Å². The lowest BCUT2D eigenvalue weighted by Crippen LogP contribution is -2.24. The van der Waals surface area contributed by atoms with E-state index in [1.807, 2.05) is 36.4 Å². The molecular formula is C24H23N3O2. The summed E-state index contributed by atoms with van der Waals surface area (Å²) in [6.45, 7) is 2.12. The number of hydrogen-bond donors (Lipinski definition) is 1. The van der Waals surface area contributed by atoms with E-state index in [1.54, 1.807) is 6.26 Å². The summed E-state index contributed by atoms with van der Waals surface area (Å²) in [6, 6.07) is 17.9. The average Bonchev–Trinajstić information content (AvgIpc) is 3.17. The molecule has 1 fully saturated rings. The molecule has 0 unspecified atom stereocenters. The fraction of sp³-hybridized carbons (Fsp3) is 0.250. The van der Waals surface area contributed by atoms with Gasteiger partial charge in [0.1, 0.15) is 5.76 Å². The van der Waals surface area contributed by atoms with E-state index in [9.17, 15) is 4.79 Å². The van der Waals surface area contributed by atoms with Gasteiger partial charge in [-0.3, -0.25) is 4.79 Å². The molecule has 0 amide bonds. The summed E-state index contributed by atoms with van der Waals surface area (Å²) in [7, 11) is 0. The fourth-order valence-electron chi connectivity index (χ4n) is 4.23. The highest BCUT2D eigenvalue weighted by Crippen LogP contribution is 2.37. The first-order valence-corrected chi connectivity index (χ1v) is 10.2. The Morgan fingerprint density at radius 3 is 2.45 bits per heavy atom. The van der Waals surface area contributed by atoms with Gasteiger partial charge in [-0.1, -0.05) is 37.1 Å². The summed E-state index contributed by atoms with van der Waals surface area (Å²) in [4.78, 5) is 14.6. The van der Waals surface area contributed by atoms with Gasteiger partial charge in [0.05, 0.1) is 17.3 Å². The minimum atomic E-state index is -0.170. The number of hydrogen-bond acceptors (Lipinski definition) is 4. The quantitative estimate of drug-likeness (QED) is 0.524. The molecule has 4 aromatic rings. The van der Waals surface area contributed by atoms with Crippen molar-refractivity contribution < 1.29 is 4.42 Å². The zero-order valence-corrected chi connectivity index (χ0v) is 16.2. The normalized spacial score (nSPS) is 14.8. The molecule has 29 heavy (non-hydrogen) atoms. The van der Waals surface area contributed by atoms with Crippen LogP contribution in [-0.2, 0) is 0 Å². The molecule has 1 aliphatic rings. The Hall–Kier alpha value is -3.34. The van der Waals surface area contributed by atoms with Crippen LogP contribution in [0.15, 0.2) is 70.1 Å². The average molecular weight is 385 g/mol. The standard InChI is InChI=1S/C24H23N3O2/c28-24-19-9-4-3-8-18(19)23(25-26-24)17-11-12-21(27-13-5-1-2-6-14-27)20(16-17)22-10-7-15-29-22/h3-4,7-12,15-16H,1-2,5-6,13-14H2,(H,26,28). The lowest BCUT2D eigenvalue weighted by Gasteiger charge is -2.25. The Kier molecular flexibility index (Phi) is 4.64. The van der Waals surface area contributed by atoms with Crippen LogP contribution < -0.4 is 10.5 Å². The molecule has 5 heteroatoms. The molecule has 1 N–H and O–H groups in total. The van der Waals surface area contributed by atoms with E-state index in [0.29, 0.717) is 5.39 Å². The Morgan fingerprint density at radius 2 is 1.69 bits per heavy atom. The van der Waals surface area contributed by atoms with Crippen LogP contribution in [0.25, 0.3) is 33.4 Å². The SMILES string of the molecule is O=c1[nH]nc(-c2ccc(N3CCCCCC3)c(-c3ccco3)c2)c2ccccc12. The number of aromatic amines is 1. The largest absolute Gasteiger partial charge is 0.464 e. The Bertz CT molecular complexity index is 1190.